The molecular weight excluding hydrogens is 204 g/mol. The highest BCUT2D eigenvalue weighted by molar-refractivity contribution is 6.01. The van der Waals surface area contributed by atoms with Crippen LogP contribution >= 0.6 is 0 Å². The predicted octanol–water partition coefficient (Wildman–Crippen LogP) is 2.03. The molecule has 2 rings (SSSR count). The molecule has 0 radical (unpaired) electrons. The summed E-state index contributed by atoms with van der Waals surface area (Å²) in [6, 6.07) is 0. The van der Waals surface area contributed by atoms with Gasteiger partial charge in [-0.3, -0.25) is 9.59 Å². The normalized spacial score (nSPS) is 34.2. The summed E-state index contributed by atoms with van der Waals surface area (Å²) in [5.41, 5.74) is 0.517. The average Bonchev–Trinajstić information content (AvgIpc) is 2.28. The average molecular weight is 220 g/mol. The van der Waals surface area contributed by atoms with Gasteiger partial charge in [0, 0.05) is 0 Å². The summed E-state index contributed by atoms with van der Waals surface area (Å²) in [7, 11) is 0. The van der Waals surface area contributed by atoms with E-state index < -0.39 is 0 Å². The first-order valence-electron chi connectivity index (χ1n) is 5.74. The summed E-state index contributed by atoms with van der Waals surface area (Å²) >= 11 is 0. The molecule has 0 aromatic heterocycles. The van der Waals surface area contributed by atoms with Crippen molar-refractivity contribution in [2.45, 2.75) is 32.3 Å². The second kappa shape index (κ2) is 4.64. The van der Waals surface area contributed by atoms with E-state index in [-0.39, 0.29) is 17.8 Å². The number of allylic oxidation sites excluding steroid dienone is 3. The molecule has 0 N–H and O–H groups in total. The molecule has 86 valence electrons. The molecule has 0 aromatic rings. The second-order valence-corrected chi connectivity index (χ2v) is 4.63. The third-order valence-electron chi connectivity index (χ3n) is 3.40. The summed E-state index contributed by atoms with van der Waals surface area (Å²) in [5, 5.41) is 0. The Morgan fingerprint density at radius 1 is 1.44 bits per heavy atom. The van der Waals surface area contributed by atoms with Crippen molar-refractivity contribution in [1.82, 2.24) is 0 Å². The number of carbonyl (C=O) groups is 2. The number of Topliss-reactive ketones (excluding diaryl/α,β-unsaturated/α-hetero) is 1. The number of rotatable bonds is 2. The Morgan fingerprint density at radius 3 is 3.00 bits per heavy atom. The van der Waals surface area contributed by atoms with E-state index in [1.807, 2.05) is 0 Å². The molecule has 1 aliphatic carbocycles. The summed E-state index contributed by atoms with van der Waals surface area (Å²) in [5.74, 6) is 0.753. The van der Waals surface area contributed by atoms with E-state index in [1.54, 1.807) is 0 Å². The predicted molar refractivity (Wildman–Crippen MR) is 59.7 cm³/mol. The van der Waals surface area contributed by atoms with Crippen LogP contribution in [0.3, 0.4) is 0 Å². The fourth-order valence-corrected chi connectivity index (χ4v) is 2.48. The van der Waals surface area contributed by atoms with Gasteiger partial charge in [0.25, 0.3) is 0 Å². The number of carbonyl (C=O) groups excluding carboxylic acids is 2. The summed E-state index contributed by atoms with van der Waals surface area (Å²) in [6.07, 6.45) is 8.02. The lowest BCUT2D eigenvalue weighted by Gasteiger charge is -2.36. The van der Waals surface area contributed by atoms with E-state index in [4.69, 9.17) is 4.74 Å². The SMILES string of the molecule is CC1CCC2C(=O)C(/C=C/C=O)=COC2C1. The lowest BCUT2D eigenvalue weighted by atomic mass is 9.76. The maximum atomic E-state index is 12.1. The molecule has 0 amide bonds. The zero-order valence-electron chi connectivity index (χ0n) is 9.39. The molecular formula is C13H16O3. The standard InChI is InChI=1S/C13H16O3/c1-9-4-5-11-12(7-9)16-8-10(13(11)15)3-2-6-14/h2-3,6,8-9,11-12H,4-5,7H2,1H3/b3-2+. The van der Waals surface area contributed by atoms with E-state index in [9.17, 15) is 9.59 Å². The first-order valence-corrected chi connectivity index (χ1v) is 5.74. The first kappa shape index (κ1) is 11.1. The maximum Gasteiger partial charge on any atom is 0.172 e. The van der Waals surface area contributed by atoms with Crippen molar-refractivity contribution in [1.29, 1.82) is 0 Å². The van der Waals surface area contributed by atoms with E-state index in [0.29, 0.717) is 17.8 Å². The van der Waals surface area contributed by atoms with Crippen molar-refractivity contribution in [3.05, 3.63) is 24.0 Å². The molecule has 3 atom stereocenters. The quantitative estimate of drug-likeness (QED) is 0.528. The molecule has 0 saturated heterocycles. The second-order valence-electron chi connectivity index (χ2n) is 4.63. The van der Waals surface area contributed by atoms with Crippen molar-refractivity contribution in [3.8, 4) is 0 Å². The van der Waals surface area contributed by atoms with Crippen LogP contribution in [0.2, 0.25) is 0 Å². The van der Waals surface area contributed by atoms with Crippen molar-refractivity contribution >= 4 is 12.1 Å². The Balaban J connectivity index is 2.14. The van der Waals surface area contributed by atoms with E-state index in [1.165, 1.54) is 18.4 Å². The van der Waals surface area contributed by atoms with Gasteiger partial charge in [0.1, 0.15) is 12.4 Å². The van der Waals surface area contributed by atoms with E-state index in [0.717, 1.165) is 19.3 Å². The van der Waals surface area contributed by atoms with Crippen LogP contribution in [-0.2, 0) is 14.3 Å². The van der Waals surface area contributed by atoms with Crippen molar-refractivity contribution in [2.24, 2.45) is 11.8 Å². The van der Waals surface area contributed by atoms with Crippen molar-refractivity contribution < 1.29 is 14.3 Å². The third-order valence-corrected chi connectivity index (χ3v) is 3.40. The number of aldehydes is 1. The highest BCUT2D eigenvalue weighted by Gasteiger charge is 2.38. The van der Waals surface area contributed by atoms with Crippen LogP contribution < -0.4 is 0 Å². The van der Waals surface area contributed by atoms with E-state index in [2.05, 4.69) is 6.92 Å². The summed E-state index contributed by atoms with van der Waals surface area (Å²) in [6.45, 7) is 2.19. The molecule has 0 bridgehead atoms. The van der Waals surface area contributed by atoms with Gasteiger partial charge < -0.3 is 4.74 Å². The highest BCUT2D eigenvalue weighted by atomic mass is 16.5. The lowest BCUT2D eigenvalue weighted by Crippen LogP contribution is -2.38. The van der Waals surface area contributed by atoms with Gasteiger partial charge in [-0.25, -0.2) is 0 Å². The number of fused-ring (bicyclic) bond motifs is 1. The topological polar surface area (TPSA) is 43.4 Å². The zero-order chi connectivity index (χ0) is 11.5. The number of hydrogen-bond donors (Lipinski definition) is 0. The van der Waals surface area contributed by atoms with Gasteiger partial charge in [-0.05, 0) is 37.3 Å². The van der Waals surface area contributed by atoms with Gasteiger partial charge in [-0.1, -0.05) is 6.92 Å². The number of hydrogen-bond acceptors (Lipinski definition) is 3. The third kappa shape index (κ3) is 2.08. The van der Waals surface area contributed by atoms with Gasteiger partial charge >= 0.3 is 0 Å². The molecule has 1 heterocycles. The molecule has 0 aromatic carbocycles. The largest absolute Gasteiger partial charge is 0.497 e. The molecule has 3 nitrogen and oxygen atoms in total. The molecule has 0 spiro atoms. The van der Waals surface area contributed by atoms with Crippen LogP contribution in [0.1, 0.15) is 26.2 Å². The van der Waals surface area contributed by atoms with E-state index >= 15 is 0 Å². The monoisotopic (exact) mass is 220 g/mol. The van der Waals surface area contributed by atoms with Crippen LogP contribution in [0.5, 0.6) is 0 Å². The highest BCUT2D eigenvalue weighted by Crippen LogP contribution is 2.35. The Labute approximate surface area is 95.2 Å². The van der Waals surface area contributed by atoms with Gasteiger partial charge in [-0.2, -0.15) is 0 Å². The number of ketones is 1. The van der Waals surface area contributed by atoms with Crippen molar-refractivity contribution in [2.75, 3.05) is 0 Å². The van der Waals surface area contributed by atoms with Crippen LogP contribution in [-0.4, -0.2) is 18.2 Å². The summed E-state index contributed by atoms with van der Waals surface area (Å²) in [4.78, 5) is 22.3. The molecule has 3 unspecified atom stereocenters. The fraction of sp³-hybridized carbons (Fsp3) is 0.538. The Hall–Kier alpha value is -1.38. The van der Waals surface area contributed by atoms with Crippen LogP contribution in [0.15, 0.2) is 24.0 Å². The molecule has 16 heavy (non-hydrogen) atoms. The van der Waals surface area contributed by atoms with Crippen LogP contribution in [0.25, 0.3) is 0 Å². The first-order chi connectivity index (χ1) is 7.72. The molecule has 3 heteroatoms. The lowest BCUT2D eigenvalue weighted by molar-refractivity contribution is -0.127. The summed E-state index contributed by atoms with van der Waals surface area (Å²) < 4.78 is 5.58. The minimum atomic E-state index is -0.00694. The minimum Gasteiger partial charge on any atom is -0.497 e. The Morgan fingerprint density at radius 2 is 2.25 bits per heavy atom. The van der Waals surface area contributed by atoms with Gasteiger partial charge in [0.2, 0.25) is 0 Å². The van der Waals surface area contributed by atoms with Crippen molar-refractivity contribution in [3.63, 3.8) is 0 Å². The Kier molecular flexibility index (Phi) is 3.22. The Bertz CT molecular complexity index is 354. The van der Waals surface area contributed by atoms with Gasteiger partial charge in [0.15, 0.2) is 5.78 Å². The molecule has 1 fully saturated rings. The van der Waals surface area contributed by atoms with Crippen LogP contribution in [0.4, 0.5) is 0 Å². The maximum absolute atomic E-state index is 12.1. The number of ether oxygens (including phenoxy) is 1. The molecule has 1 saturated carbocycles. The zero-order valence-corrected chi connectivity index (χ0v) is 9.39. The van der Waals surface area contributed by atoms with Crippen LogP contribution in [0, 0.1) is 11.8 Å². The smallest absolute Gasteiger partial charge is 0.172 e. The minimum absolute atomic E-state index is 0.00694. The molecule has 1 aliphatic heterocycles. The van der Waals surface area contributed by atoms with Gasteiger partial charge in [-0.15, -0.1) is 0 Å². The fourth-order valence-electron chi connectivity index (χ4n) is 2.48. The molecule has 2 aliphatic rings. The van der Waals surface area contributed by atoms with Gasteiger partial charge in [0.05, 0.1) is 17.8 Å².